The molecule has 0 aromatic heterocycles. The van der Waals surface area contributed by atoms with E-state index < -0.39 is 10.9 Å². The number of nitro groups is 1. The Labute approximate surface area is 111 Å². The van der Waals surface area contributed by atoms with Gasteiger partial charge in [0.15, 0.2) is 0 Å². The predicted molar refractivity (Wildman–Crippen MR) is 65.4 cm³/mol. The van der Waals surface area contributed by atoms with Crippen LogP contribution in [0.4, 0.5) is 5.69 Å². The fourth-order valence-electron chi connectivity index (χ4n) is 1.65. The van der Waals surface area contributed by atoms with Crippen molar-refractivity contribution >= 4 is 27.6 Å². The highest BCUT2D eigenvalue weighted by molar-refractivity contribution is 9.10. The van der Waals surface area contributed by atoms with Gasteiger partial charge < -0.3 is 9.47 Å². The summed E-state index contributed by atoms with van der Waals surface area (Å²) in [6, 6.07) is 4.22. The maximum absolute atomic E-state index is 11.8. The summed E-state index contributed by atoms with van der Waals surface area (Å²) in [5.41, 5.74) is -0.316. The molecule has 1 aromatic carbocycles. The molecular weight excluding hydrogens is 306 g/mol. The number of hydrogen-bond donors (Lipinski definition) is 0. The van der Waals surface area contributed by atoms with Crippen LogP contribution < -0.4 is 0 Å². The van der Waals surface area contributed by atoms with Gasteiger partial charge in [-0.05, 0) is 12.1 Å². The number of carbonyl (C=O) groups excluding carboxylic acids is 1. The number of ether oxygens (including phenoxy) is 2. The molecule has 0 spiro atoms. The summed E-state index contributed by atoms with van der Waals surface area (Å²) in [5.74, 6) is -0.690. The Bertz CT molecular complexity index is 484. The molecule has 0 amide bonds. The first-order valence-corrected chi connectivity index (χ1v) is 6.10. The topological polar surface area (TPSA) is 78.7 Å². The van der Waals surface area contributed by atoms with Gasteiger partial charge in [-0.2, -0.15) is 0 Å². The van der Waals surface area contributed by atoms with Crippen LogP contribution in [0.5, 0.6) is 0 Å². The van der Waals surface area contributed by atoms with Crippen molar-refractivity contribution in [3.63, 3.8) is 0 Å². The van der Waals surface area contributed by atoms with Gasteiger partial charge >= 0.3 is 5.97 Å². The minimum absolute atomic E-state index is 0.0462. The van der Waals surface area contributed by atoms with E-state index in [9.17, 15) is 14.9 Å². The summed E-state index contributed by atoms with van der Waals surface area (Å²) in [5, 5.41) is 10.9. The Morgan fingerprint density at radius 3 is 2.94 bits per heavy atom. The monoisotopic (exact) mass is 315 g/mol. The lowest BCUT2D eigenvalue weighted by Crippen LogP contribution is -2.18. The fraction of sp³-hybridized carbons (Fsp3) is 0.364. The number of esters is 1. The average Bonchev–Trinajstić information content (AvgIpc) is 2.81. The third kappa shape index (κ3) is 2.85. The summed E-state index contributed by atoms with van der Waals surface area (Å²) < 4.78 is 10.8. The first kappa shape index (κ1) is 13.0. The Hall–Kier alpha value is -1.47. The molecule has 0 N–H and O–H groups in total. The molecule has 0 aliphatic carbocycles. The van der Waals surface area contributed by atoms with Gasteiger partial charge in [-0.15, -0.1) is 0 Å². The van der Waals surface area contributed by atoms with E-state index in [1.54, 1.807) is 6.07 Å². The van der Waals surface area contributed by atoms with Gasteiger partial charge in [0, 0.05) is 17.0 Å². The number of halogens is 1. The second kappa shape index (κ2) is 5.45. The summed E-state index contributed by atoms with van der Waals surface area (Å²) >= 11 is 3.13. The highest BCUT2D eigenvalue weighted by Crippen LogP contribution is 2.25. The van der Waals surface area contributed by atoms with Crippen LogP contribution in [0.2, 0.25) is 0 Å². The molecule has 1 fully saturated rings. The molecule has 7 heteroatoms. The molecule has 6 nitrogen and oxygen atoms in total. The molecule has 1 aromatic rings. The van der Waals surface area contributed by atoms with E-state index >= 15 is 0 Å². The molecular formula is C11H10BrNO5. The highest BCUT2D eigenvalue weighted by atomic mass is 79.9. The van der Waals surface area contributed by atoms with Gasteiger partial charge in [0.05, 0.1) is 18.1 Å². The van der Waals surface area contributed by atoms with E-state index in [-0.39, 0.29) is 17.4 Å². The molecule has 0 unspecified atom stereocenters. The third-order valence-corrected chi connectivity index (χ3v) is 3.03. The first-order chi connectivity index (χ1) is 8.58. The van der Waals surface area contributed by atoms with Crippen molar-refractivity contribution in [2.24, 2.45) is 0 Å². The molecule has 0 bridgehead atoms. The van der Waals surface area contributed by atoms with Crippen LogP contribution in [0.15, 0.2) is 22.7 Å². The van der Waals surface area contributed by atoms with Crippen LogP contribution in [-0.2, 0) is 9.47 Å². The van der Waals surface area contributed by atoms with Crippen molar-refractivity contribution in [1.29, 1.82) is 0 Å². The fourth-order valence-corrected chi connectivity index (χ4v) is 2.00. The first-order valence-electron chi connectivity index (χ1n) is 5.30. The zero-order valence-corrected chi connectivity index (χ0v) is 10.9. The smallest absolute Gasteiger partial charge is 0.345 e. The lowest BCUT2D eigenvalue weighted by Gasteiger charge is -2.10. The van der Waals surface area contributed by atoms with E-state index in [2.05, 4.69) is 15.9 Å². The zero-order valence-electron chi connectivity index (χ0n) is 9.30. The van der Waals surface area contributed by atoms with Crippen LogP contribution in [-0.4, -0.2) is 30.2 Å². The van der Waals surface area contributed by atoms with Crippen LogP contribution in [0.1, 0.15) is 16.8 Å². The molecule has 1 aliphatic heterocycles. The molecule has 1 heterocycles. The molecule has 96 valence electrons. The molecule has 1 saturated heterocycles. The van der Waals surface area contributed by atoms with Crippen molar-refractivity contribution in [2.75, 3.05) is 13.2 Å². The number of hydrogen-bond acceptors (Lipinski definition) is 5. The number of nitro benzene ring substituents is 1. The maximum atomic E-state index is 11.8. The largest absolute Gasteiger partial charge is 0.456 e. The molecule has 0 radical (unpaired) electrons. The number of nitrogens with zero attached hydrogens (tertiary/aromatic N) is 1. The summed E-state index contributed by atoms with van der Waals surface area (Å²) in [7, 11) is 0. The second-order valence-corrected chi connectivity index (χ2v) is 4.73. The van der Waals surface area contributed by atoms with Crippen LogP contribution in [0, 0.1) is 10.1 Å². The summed E-state index contributed by atoms with van der Waals surface area (Å²) in [6.07, 6.45) is 0.302. The van der Waals surface area contributed by atoms with Gasteiger partial charge in [0.2, 0.25) is 0 Å². The van der Waals surface area contributed by atoms with E-state index in [1.165, 1.54) is 12.1 Å². The van der Waals surface area contributed by atoms with Gasteiger partial charge in [0.25, 0.3) is 5.69 Å². The van der Waals surface area contributed by atoms with E-state index in [0.29, 0.717) is 24.1 Å². The Kier molecular flexibility index (Phi) is 3.93. The Morgan fingerprint density at radius 2 is 2.33 bits per heavy atom. The van der Waals surface area contributed by atoms with Crippen LogP contribution in [0.25, 0.3) is 0 Å². The average molecular weight is 316 g/mol. The van der Waals surface area contributed by atoms with E-state index in [1.807, 2.05) is 0 Å². The SMILES string of the molecule is O=C(O[C@@H]1CCOC1)c1ccc(Br)cc1[N+](=O)[O-]. The molecule has 0 saturated carbocycles. The van der Waals surface area contributed by atoms with Crippen LogP contribution in [0.3, 0.4) is 0 Å². The lowest BCUT2D eigenvalue weighted by atomic mass is 10.2. The summed E-state index contributed by atoms with van der Waals surface area (Å²) in [4.78, 5) is 22.1. The predicted octanol–water partition coefficient (Wildman–Crippen LogP) is 2.30. The Balaban J connectivity index is 2.20. The lowest BCUT2D eigenvalue weighted by molar-refractivity contribution is -0.385. The quantitative estimate of drug-likeness (QED) is 0.486. The van der Waals surface area contributed by atoms with Crippen molar-refractivity contribution < 1.29 is 19.2 Å². The number of benzene rings is 1. The minimum Gasteiger partial charge on any atom is -0.456 e. The van der Waals surface area contributed by atoms with E-state index in [4.69, 9.17) is 9.47 Å². The van der Waals surface area contributed by atoms with Gasteiger partial charge in [0.1, 0.15) is 11.7 Å². The van der Waals surface area contributed by atoms with Crippen molar-refractivity contribution in [3.8, 4) is 0 Å². The minimum atomic E-state index is -0.690. The molecule has 1 aliphatic rings. The van der Waals surface area contributed by atoms with Crippen molar-refractivity contribution in [2.45, 2.75) is 12.5 Å². The second-order valence-electron chi connectivity index (χ2n) is 3.81. The van der Waals surface area contributed by atoms with E-state index in [0.717, 1.165) is 0 Å². The van der Waals surface area contributed by atoms with Crippen molar-refractivity contribution in [3.05, 3.63) is 38.3 Å². The van der Waals surface area contributed by atoms with Crippen molar-refractivity contribution in [1.82, 2.24) is 0 Å². The molecule has 2 rings (SSSR count). The zero-order chi connectivity index (χ0) is 13.1. The van der Waals surface area contributed by atoms with Crippen LogP contribution >= 0.6 is 15.9 Å². The summed E-state index contributed by atoms with van der Waals surface area (Å²) in [6.45, 7) is 0.885. The highest BCUT2D eigenvalue weighted by Gasteiger charge is 2.26. The molecule has 18 heavy (non-hydrogen) atoms. The van der Waals surface area contributed by atoms with Gasteiger partial charge in [-0.3, -0.25) is 10.1 Å². The molecule has 1 atom stereocenters. The normalized spacial score (nSPS) is 18.6. The standard InChI is InChI=1S/C11H10BrNO5/c12-7-1-2-9(10(5-7)13(15)16)11(14)18-8-3-4-17-6-8/h1-2,5,8H,3-4,6H2/t8-/m1/s1. The Morgan fingerprint density at radius 1 is 1.56 bits per heavy atom. The van der Waals surface area contributed by atoms with Gasteiger partial charge in [-0.25, -0.2) is 4.79 Å². The maximum Gasteiger partial charge on any atom is 0.345 e. The van der Waals surface area contributed by atoms with Gasteiger partial charge in [-0.1, -0.05) is 15.9 Å². The third-order valence-electron chi connectivity index (χ3n) is 2.54. The number of rotatable bonds is 3. The number of carbonyl (C=O) groups is 1.